The van der Waals surface area contributed by atoms with Crippen LogP contribution in [0.3, 0.4) is 0 Å². The second-order valence-electron chi connectivity index (χ2n) is 16.5. The Labute approximate surface area is 326 Å². The van der Waals surface area contributed by atoms with Gasteiger partial charge in [0.1, 0.15) is 35.6 Å². The van der Waals surface area contributed by atoms with E-state index in [1.165, 1.54) is 14.2 Å². The molecule has 2 saturated heterocycles. The Bertz CT molecular complexity index is 1510. The normalized spacial score (nSPS) is 37.0. The van der Waals surface area contributed by atoms with Crippen LogP contribution in [-0.4, -0.2) is 102 Å². The van der Waals surface area contributed by atoms with Gasteiger partial charge >= 0.3 is 5.97 Å². The fraction of sp³-hybridized carbons (Fsp3) is 0.721. The van der Waals surface area contributed by atoms with Gasteiger partial charge in [-0.2, -0.15) is 0 Å². The van der Waals surface area contributed by atoms with Gasteiger partial charge in [0.25, 0.3) is 11.7 Å². The number of allylic oxidation sites excluding steroid dienone is 4. The molecule has 3 heterocycles. The Morgan fingerprint density at radius 1 is 0.982 bits per heavy atom. The Hall–Kier alpha value is -3.32. The molecule has 3 fully saturated rings. The van der Waals surface area contributed by atoms with Crippen LogP contribution >= 0.6 is 0 Å². The molecule has 2 bridgehead atoms. The van der Waals surface area contributed by atoms with Crippen molar-refractivity contribution < 1.29 is 52.8 Å². The maximum Gasteiger partial charge on any atom is 0.329 e. The van der Waals surface area contributed by atoms with Crippen LogP contribution in [0.15, 0.2) is 36.0 Å². The molecule has 4 rings (SSSR count). The lowest BCUT2D eigenvalue weighted by Crippen LogP contribution is -2.64. The van der Waals surface area contributed by atoms with E-state index < -0.39 is 77.4 Å². The number of carbonyl (C=O) groups excluding carboxylic acids is 6. The summed E-state index contributed by atoms with van der Waals surface area (Å²) in [6, 6.07) is -1.16. The first-order valence-electron chi connectivity index (χ1n) is 20.1. The molecule has 0 spiro atoms. The summed E-state index contributed by atoms with van der Waals surface area (Å²) < 4.78 is 24.1. The number of ketones is 4. The Morgan fingerprint density at radius 3 is 2.27 bits per heavy atom. The van der Waals surface area contributed by atoms with Crippen LogP contribution < -0.4 is 0 Å². The number of esters is 1. The number of Topliss-reactive ketones (excluding diaryl/α,β-unsaturated/α-hetero) is 4. The molecular weight excluding hydrogens is 706 g/mol. The van der Waals surface area contributed by atoms with Crippen molar-refractivity contribution in [3.8, 4) is 0 Å². The quantitative estimate of drug-likeness (QED) is 0.159. The predicted octanol–water partition coefficient (Wildman–Crippen LogP) is 5.43. The third-order valence-electron chi connectivity index (χ3n) is 12.2. The number of hydrogen-bond donors (Lipinski definition) is 1. The van der Waals surface area contributed by atoms with Crippen molar-refractivity contribution in [2.24, 2.45) is 29.6 Å². The van der Waals surface area contributed by atoms with Gasteiger partial charge in [0.05, 0.1) is 24.5 Å². The summed E-state index contributed by atoms with van der Waals surface area (Å²) in [5, 5.41) is 12.0. The summed E-state index contributed by atoms with van der Waals surface area (Å²) in [4.78, 5) is 83.3. The van der Waals surface area contributed by atoms with Gasteiger partial charge in [-0.05, 0) is 89.0 Å². The molecule has 1 amide bonds. The second-order valence-corrected chi connectivity index (χ2v) is 16.5. The Morgan fingerprint density at radius 2 is 1.64 bits per heavy atom. The third kappa shape index (κ3) is 10.8. The van der Waals surface area contributed by atoms with E-state index in [0.717, 1.165) is 10.5 Å². The SMILES string of the molecule is C=CC[C@@H]1/C=C(\C)C[C@H](C)C[C@H](OC)[C@H]2O[C@@](O)(C(=O)C(=O)N3CCCC[C@H]3C(=O)O[C@H](/C(C)=C/C3CCC(=O)CC3)[C@H](C)C(=O)CC1=O)[C@H](C)C[C@@H]2OC. The molecule has 0 unspecified atom stereocenters. The molecule has 12 nitrogen and oxygen atoms in total. The second kappa shape index (κ2) is 19.7. The molecule has 0 aromatic heterocycles. The predicted molar refractivity (Wildman–Crippen MR) is 204 cm³/mol. The van der Waals surface area contributed by atoms with Gasteiger partial charge in [-0.1, -0.05) is 44.6 Å². The van der Waals surface area contributed by atoms with Crippen molar-refractivity contribution in [3.63, 3.8) is 0 Å². The van der Waals surface area contributed by atoms with Crippen LogP contribution in [0.2, 0.25) is 0 Å². The molecule has 12 heteroatoms. The summed E-state index contributed by atoms with van der Waals surface area (Å²) >= 11 is 0. The first-order valence-corrected chi connectivity index (χ1v) is 20.1. The Kier molecular flexibility index (Phi) is 15.9. The lowest BCUT2D eigenvalue weighted by atomic mass is 9.82. The summed E-state index contributed by atoms with van der Waals surface area (Å²) in [5.41, 5.74) is 1.54. The van der Waals surface area contributed by atoms with E-state index in [0.29, 0.717) is 63.4 Å². The standard InChI is InChI=1S/C43H63NO11/c1-9-12-31-20-25(2)19-26(3)21-36(52-7)39-37(53-8)23-28(5)43(51,55-39)40(48)41(49)44-18-11-10-13-33(44)42(50)54-38(29(6)34(46)24-35(31)47)27(4)22-30-14-16-32(45)17-15-30/h9,20,22,26,28-31,33,36-39,51H,1,10-19,21,23-24H2,2-8H3/b25-20+,27-22+/t26-,28+,29+,31+,33-,36-,37-,38+,39+,43+/m0/s1. The van der Waals surface area contributed by atoms with E-state index in [4.69, 9.17) is 18.9 Å². The number of rotatable bonds is 6. The maximum atomic E-state index is 14.2. The average Bonchev–Trinajstić information content (AvgIpc) is 3.16. The number of cyclic esters (lactones) is 1. The monoisotopic (exact) mass is 769 g/mol. The highest BCUT2D eigenvalue weighted by Crippen LogP contribution is 2.39. The van der Waals surface area contributed by atoms with E-state index in [-0.39, 0.29) is 49.2 Å². The number of aliphatic hydroxyl groups is 1. The van der Waals surface area contributed by atoms with E-state index in [2.05, 4.69) is 6.58 Å². The van der Waals surface area contributed by atoms with Gasteiger partial charge in [0, 0.05) is 45.4 Å². The number of piperidine rings is 1. The number of hydrogen-bond acceptors (Lipinski definition) is 11. The topological polar surface area (TPSA) is 163 Å². The van der Waals surface area contributed by atoms with Crippen molar-refractivity contribution in [3.05, 3.63) is 36.0 Å². The smallest absolute Gasteiger partial charge is 0.329 e. The van der Waals surface area contributed by atoms with Gasteiger partial charge < -0.3 is 29.0 Å². The van der Waals surface area contributed by atoms with Crippen molar-refractivity contribution in [1.82, 2.24) is 4.90 Å². The highest BCUT2D eigenvalue weighted by atomic mass is 16.7. The van der Waals surface area contributed by atoms with E-state index in [9.17, 15) is 33.9 Å². The fourth-order valence-corrected chi connectivity index (χ4v) is 8.87. The molecule has 0 aromatic carbocycles. The lowest BCUT2D eigenvalue weighted by molar-refractivity contribution is -0.302. The largest absolute Gasteiger partial charge is 0.456 e. The van der Waals surface area contributed by atoms with Crippen LogP contribution in [0.25, 0.3) is 0 Å². The minimum Gasteiger partial charge on any atom is -0.456 e. The molecule has 1 aliphatic carbocycles. The number of methoxy groups -OCH3 is 2. The summed E-state index contributed by atoms with van der Waals surface area (Å²) in [6.07, 6.45) is 7.01. The number of nitrogens with zero attached hydrogens (tertiary/aromatic N) is 1. The molecule has 55 heavy (non-hydrogen) atoms. The van der Waals surface area contributed by atoms with Crippen LogP contribution in [0.1, 0.15) is 112 Å². The lowest BCUT2D eigenvalue weighted by Gasteiger charge is -2.47. The van der Waals surface area contributed by atoms with Gasteiger partial charge in [-0.25, -0.2) is 4.79 Å². The molecule has 0 aromatic rings. The van der Waals surface area contributed by atoms with Crippen LogP contribution in [-0.2, 0) is 47.7 Å². The number of ether oxygens (including phenoxy) is 4. The fourth-order valence-electron chi connectivity index (χ4n) is 8.87. The number of carbonyl (C=O) groups is 6. The zero-order valence-electron chi connectivity index (χ0n) is 33.9. The molecule has 3 aliphatic heterocycles. The average molecular weight is 770 g/mol. The molecule has 1 N–H and O–H groups in total. The van der Waals surface area contributed by atoms with Crippen molar-refractivity contribution in [1.29, 1.82) is 0 Å². The van der Waals surface area contributed by atoms with Gasteiger partial charge in [0.2, 0.25) is 5.79 Å². The highest BCUT2D eigenvalue weighted by Gasteiger charge is 2.56. The minimum absolute atomic E-state index is 0.00240. The van der Waals surface area contributed by atoms with Crippen molar-refractivity contribution in [2.75, 3.05) is 20.8 Å². The van der Waals surface area contributed by atoms with Crippen LogP contribution in [0.5, 0.6) is 0 Å². The molecule has 306 valence electrons. The zero-order chi connectivity index (χ0) is 40.6. The van der Waals surface area contributed by atoms with Crippen LogP contribution in [0, 0.1) is 29.6 Å². The third-order valence-corrected chi connectivity index (χ3v) is 12.2. The van der Waals surface area contributed by atoms with E-state index in [1.54, 1.807) is 26.8 Å². The van der Waals surface area contributed by atoms with Gasteiger partial charge in [-0.3, -0.25) is 24.0 Å². The molecule has 4 aliphatic rings. The summed E-state index contributed by atoms with van der Waals surface area (Å²) in [7, 11) is 3.04. The maximum absolute atomic E-state index is 14.2. The van der Waals surface area contributed by atoms with Crippen LogP contribution in [0.4, 0.5) is 0 Å². The minimum atomic E-state index is -2.51. The zero-order valence-corrected chi connectivity index (χ0v) is 33.9. The van der Waals surface area contributed by atoms with Gasteiger partial charge in [-0.15, -0.1) is 6.58 Å². The number of amides is 1. The van der Waals surface area contributed by atoms with E-state index >= 15 is 0 Å². The summed E-state index contributed by atoms with van der Waals surface area (Å²) in [6.45, 7) is 12.9. The molecular formula is C43H63NO11. The first kappa shape index (κ1) is 44.4. The van der Waals surface area contributed by atoms with Crippen molar-refractivity contribution >= 4 is 35.0 Å². The summed E-state index contributed by atoms with van der Waals surface area (Å²) in [5.74, 6) is -8.29. The number of fused-ring (bicyclic) bond motifs is 3. The molecule has 1 saturated carbocycles. The molecule has 0 radical (unpaired) electrons. The van der Waals surface area contributed by atoms with Crippen molar-refractivity contribution in [2.45, 2.75) is 148 Å². The van der Waals surface area contributed by atoms with Gasteiger partial charge in [0.15, 0.2) is 0 Å². The highest BCUT2D eigenvalue weighted by molar-refractivity contribution is 6.39. The Balaban J connectivity index is 1.78. The molecule has 10 atom stereocenters. The first-order chi connectivity index (χ1) is 26.0. The van der Waals surface area contributed by atoms with E-state index in [1.807, 2.05) is 26.0 Å².